The van der Waals surface area contributed by atoms with Crippen LogP contribution in [0, 0.1) is 5.82 Å². The molecule has 0 aliphatic heterocycles. The fourth-order valence-corrected chi connectivity index (χ4v) is 4.02. The summed E-state index contributed by atoms with van der Waals surface area (Å²) in [6, 6.07) is 8.53. The molecule has 0 aliphatic carbocycles. The van der Waals surface area contributed by atoms with Crippen molar-refractivity contribution < 1.29 is 9.18 Å². The molecule has 0 unspecified atom stereocenters. The first-order valence-corrected chi connectivity index (χ1v) is 8.35. The van der Waals surface area contributed by atoms with Gasteiger partial charge in [0.05, 0.1) is 15.9 Å². The van der Waals surface area contributed by atoms with Crippen LogP contribution in [-0.4, -0.2) is 15.7 Å². The number of carbonyl (C=O) groups excluding carboxylic acids is 1. The highest BCUT2D eigenvalue weighted by Crippen LogP contribution is 2.32. The standard InChI is InChI=1S/C17H11ClFN3OS/c18-12-4-10(5-13(19)11(12)6-20)14-7-22-15-2-1-9(8-23)3-16(15)24-17(22)21-14/h1-5,7-8H,6,20H2. The zero-order valence-corrected chi connectivity index (χ0v) is 13.9. The summed E-state index contributed by atoms with van der Waals surface area (Å²) in [7, 11) is 0. The fourth-order valence-electron chi connectivity index (χ4n) is 2.68. The number of aromatic nitrogens is 2. The monoisotopic (exact) mass is 359 g/mol. The lowest BCUT2D eigenvalue weighted by Gasteiger charge is -2.05. The lowest BCUT2D eigenvalue weighted by Crippen LogP contribution is -2.01. The number of halogens is 2. The highest BCUT2D eigenvalue weighted by atomic mass is 35.5. The Balaban J connectivity index is 1.88. The van der Waals surface area contributed by atoms with E-state index in [-0.39, 0.29) is 6.54 Å². The summed E-state index contributed by atoms with van der Waals surface area (Å²) in [5, 5.41) is 0.296. The van der Waals surface area contributed by atoms with E-state index in [4.69, 9.17) is 17.3 Å². The van der Waals surface area contributed by atoms with Gasteiger partial charge in [-0.2, -0.15) is 0 Å². The van der Waals surface area contributed by atoms with Crippen molar-refractivity contribution in [1.82, 2.24) is 9.38 Å². The van der Waals surface area contributed by atoms with E-state index in [1.54, 1.807) is 12.1 Å². The summed E-state index contributed by atoms with van der Waals surface area (Å²) in [5.74, 6) is -0.433. The first-order chi connectivity index (χ1) is 11.6. The maximum absolute atomic E-state index is 14.1. The van der Waals surface area contributed by atoms with Crippen molar-refractivity contribution in [2.45, 2.75) is 6.54 Å². The van der Waals surface area contributed by atoms with Crippen molar-refractivity contribution in [2.75, 3.05) is 0 Å². The molecule has 0 fully saturated rings. The van der Waals surface area contributed by atoms with E-state index < -0.39 is 5.82 Å². The summed E-state index contributed by atoms with van der Waals surface area (Å²) < 4.78 is 17.0. The lowest BCUT2D eigenvalue weighted by atomic mass is 10.1. The Bertz CT molecular complexity index is 1080. The average Bonchev–Trinajstić information content (AvgIpc) is 3.11. The molecule has 2 aromatic carbocycles. The summed E-state index contributed by atoms with van der Waals surface area (Å²) in [4.78, 5) is 16.2. The van der Waals surface area contributed by atoms with Crippen LogP contribution in [0.4, 0.5) is 4.39 Å². The summed E-state index contributed by atoms with van der Waals surface area (Å²) in [6.07, 6.45) is 2.65. The lowest BCUT2D eigenvalue weighted by molar-refractivity contribution is 0.112. The Morgan fingerprint density at radius 2 is 2.17 bits per heavy atom. The smallest absolute Gasteiger partial charge is 0.195 e. The minimum absolute atomic E-state index is 0.0485. The molecule has 0 saturated carbocycles. The molecule has 7 heteroatoms. The Hall–Kier alpha value is -2.28. The molecule has 120 valence electrons. The van der Waals surface area contributed by atoms with Gasteiger partial charge in [-0.05, 0) is 30.3 Å². The van der Waals surface area contributed by atoms with Crippen LogP contribution in [0.2, 0.25) is 5.02 Å². The van der Waals surface area contributed by atoms with Crippen LogP contribution in [0.5, 0.6) is 0 Å². The zero-order valence-electron chi connectivity index (χ0n) is 12.3. The van der Waals surface area contributed by atoms with E-state index in [2.05, 4.69) is 4.98 Å². The second-order valence-corrected chi connectivity index (χ2v) is 6.76. The Morgan fingerprint density at radius 3 is 2.88 bits per heavy atom. The fraction of sp³-hybridized carbons (Fsp3) is 0.0588. The number of nitrogens with two attached hydrogens (primary N) is 1. The highest BCUT2D eigenvalue weighted by molar-refractivity contribution is 7.23. The molecule has 4 rings (SSSR count). The predicted molar refractivity (Wildman–Crippen MR) is 94.3 cm³/mol. The van der Waals surface area contributed by atoms with E-state index in [0.717, 1.165) is 21.5 Å². The van der Waals surface area contributed by atoms with E-state index in [1.807, 2.05) is 22.7 Å². The number of rotatable bonds is 3. The molecule has 2 aromatic heterocycles. The minimum atomic E-state index is -0.433. The first-order valence-electron chi connectivity index (χ1n) is 7.16. The number of carbonyl (C=O) groups is 1. The van der Waals surface area contributed by atoms with Gasteiger partial charge in [-0.25, -0.2) is 9.37 Å². The van der Waals surface area contributed by atoms with Crippen LogP contribution in [0.1, 0.15) is 15.9 Å². The molecule has 0 atom stereocenters. The number of thiazole rings is 1. The summed E-state index contributed by atoms with van der Waals surface area (Å²) in [5.41, 5.74) is 8.61. The van der Waals surface area contributed by atoms with Crippen LogP contribution in [-0.2, 0) is 6.54 Å². The van der Waals surface area contributed by atoms with Crippen molar-refractivity contribution >= 4 is 44.4 Å². The van der Waals surface area contributed by atoms with Crippen LogP contribution < -0.4 is 5.73 Å². The highest BCUT2D eigenvalue weighted by Gasteiger charge is 2.14. The molecule has 0 radical (unpaired) electrons. The van der Waals surface area contributed by atoms with Gasteiger partial charge in [0.2, 0.25) is 0 Å². The largest absolute Gasteiger partial charge is 0.326 e. The number of aldehydes is 1. The number of hydrogen-bond donors (Lipinski definition) is 1. The normalized spacial score (nSPS) is 11.5. The van der Waals surface area contributed by atoms with E-state index in [1.165, 1.54) is 17.4 Å². The molecule has 4 nitrogen and oxygen atoms in total. The Morgan fingerprint density at radius 1 is 1.33 bits per heavy atom. The molecule has 0 amide bonds. The molecule has 0 aliphatic rings. The molecule has 0 spiro atoms. The quantitative estimate of drug-likeness (QED) is 0.555. The van der Waals surface area contributed by atoms with E-state index >= 15 is 0 Å². The van der Waals surface area contributed by atoms with Crippen LogP contribution in [0.3, 0.4) is 0 Å². The van der Waals surface area contributed by atoms with Gasteiger partial charge in [0.1, 0.15) is 12.1 Å². The molecule has 2 heterocycles. The third-order valence-electron chi connectivity index (χ3n) is 3.90. The molecule has 2 N–H and O–H groups in total. The summed E-state index contributed by atoms with van der Waals surface area (Å²) >= 11 is 7.57. The second-order valence-electron chi connectivity index (χ2n) is 5.35. The predicted octanol–water partition coefficient (Wildman–Crippen LogP) is 4.28. The average molecular weight is 360 g/mol. The molecule has 0 saturated heterocycles. The minimum Gasteiger partial charge on any atom is -0.326 e. The molecular formula is C17H11ClFN3OS. The topological polar surface area (TPSA) is 60.4 Å². The Labute approximate surface area is 145 Å². The van der Waals surface area contributed by atoms with Crippen molar-refractivity contribution in [3.8, 4) is 11.3 Å². The molecule has 24 heavy (non-hydrogen) atoms. The van der Waals surface area contributed by atoms with Crippen molar-refractivity contribution in [3.63, 3.8) is 0 Å². The number of imidazole rings is 1. The van der Waals surface area contributed by atoms with Crippen molar-refractivity contribution in [1.29, 1.82) is 0 Å². The maximum Gasteiger partial charge on any atom is 0.195 e. The van der Waals surface area contributed by atoms with Gasteiger partial charge in [0.25, 0.3) is 0 Å². The van der Waals surface area contributed by atoms with E-state index in [0.29, 0.717) is 27.4 Å². The van der Waals surface area contributed by atoms with E-state index in [9.17, 15) is 9.18 Å². The number of nitrogens with zero attached hydrogens (tertiary/aromatic N) is 2. The molecule has 0 bridgehead atoms. The number of benzene rings is 2. The van der Waals surface area contributed by atoms with Gasteiger partial charge in [-0.15, -0.1) is 0 Å². The Kier molecular flexibility index (Phi) is 3.60. The number of fused-ring (bicyclic) bond motifs is 3. The molecular weight excluding hydrogens is 349 g/mol. The van der Waals surface area contributed by atoms with Crippen LogP contribution in [0.25, 0.3) is 26.4 Å². The van der Waals surface area contributed by atoms with Crippen LogP contribution >= 0.6 is 22.9 Å². The SMILES string of the molecule is NCc1c(F)cc(-c2cn3c(n2)sc2cc(C=O)ccc23)cc1Cl. The van der Waals surface area contributed by atoms with Crippen LogP contribution in [0.15, 0.2) is 36.5 Å². The first kappa shape index (κ1) is 15.3. The zero-order chi connectivity index (χ0) is 16.8. The van der Waals surface area contributed by atoms with Gasteiger partial charge < -0.3 is 5.73 Å². The van der Waals surface area contributed by atoms with Gasteiger partial charge in [0.15, 0.2) is 4.96 Å². The molecule has 4 aromatic rings. The third kappa shape index (κ3) is 2.31. The van der Waals surface area contributed by atoms with Gasteiger partial charge >= 0.3 is 0 Å². The second kappa shape index (κ2) is 5.66. The van der Waals surface area contributed by atoms with Gasteiger partial charge in [-0.3, -0.25) is 9.20 Å². The summed E-state index contributed by atoms with van der Waals surface area (Å²) in [6.45, 7) is 0.0485. The number of hydrogen-bond acceptors (Lipinski definition) is 4. The van der Waals surface area contributed by atoms with Crippen molar-refractivity contribution in [3.05, 3.63) is 58.5 Å². The third-order valence-corrected chi connectivity index (χ3v) is 5.25. The van der Waals surface area contributed by atoms with Gasteiger partial charge in [-0.1, -0.05) is 22.9 Å². The van der Waals surface area contributed by atoms with Gasteiger partial charge in [0, 0.05) is 34.5 Å². The van der Waals surface area contributed by atoms with Crippen molar-refractivity contribution in [2.24, 2.45) is 5.73 Å². The maximum atomic E-state index is 14.1.